The number of ketones is 1. The predicted molar refractivity (Wildman–Crippen MR) is 95.3 cm³/mol. The smallest absolute Gasteiger partial charge is 0.380 e. The van der Waals surface area contributed by atoms with E-state index in [9.17, 15) is 14.7 Å². The molecule has 7 heteroatoms. The summed E-state index contributed by atoms with van der Waals surface area (Å²) in [6.07, 6.45) is 0. The van der Waals surface area contributed by atoms with Crippen molar-refractivity contribution < 1.29 is 33.6 Å². The molecule has 3 rings (SSSR count). The lowest BCUT2D eigenvalue weighted by molar-refractivity contribution is -0.205. The van der Waals surface area contributed by atoms with E-state index in [4.69, 9.17) is 18.9 Å². The summed E-state index contributed by atoms with van der Waals surface area (Å²) in [5.74, 6) is -4.83. The van der Waals surface area contributed by atoms with Gasteiger partial charge >= 0.3 is 11.8 Å². The van der Waals surface area contributed by atoms with Gasteiger partial charge in [0.1, 0.15) is 28.7 Å². The van der Waals surface area contributed by atoms with Crippen LogP contribution in [-0.4, -0.2) is 43.5 Å². The van der Waals surface area contributed by atoms with E-state index in [0.717, 1.165) is 0 Å². The Hall–Kier alpha value is -3.06. The Morgan fingerprint density at radius 3 is 2.48 bits per heavy atom. The van der Waals surface area contributed by atoms with Gasteiger partial charge in [0.05, 0.1) is 20.8 Å². The van der Waals surface area contributed by atoms with E-state index in [2.05, 4.69) is 0 Å². The largest absolute Gasteiger partial charge is 0.496 e. The molecule has 142 valence electrons. The summed E-state index contributed by atoms with van der Waals surface area (Å²) in [5.41, 5.74) is 0.544. The van der Waals surface area contributed by atoms with Crippen molar-refractivity contribution in [1.82, 2.24) is 0 Å². The van der Waals surface area contributed by atoms with Crippen molar-refractivity contribution in [3.63, 3.8) is 0 Å². The molecule has 0 bridgehead atoms. The number of Topliss-reactive ketones (excluding diaryl/α,β-unsaturated/α-hetero) is 1. The van der Waals surface area contributed by atoms with Crippen LogP contribution in [-0.2, 0) is 9.53 Å². The molecule has 27 heavy (non-hydrogen) atoms. The maximum absolute atomic E-state index is 13.4. The van der Waals surface area contributed by atoms with Crippen LogP contribution in [0.1, 0.15) is 28.8 Å². The standard InChI is InChI=1S/C20H20O7/c1-4-26-19(22)20(23)17(12-8-6-5-7-9-12)18(21)16-14(25-3)10-13(24-2)11-15(16)27-20/h5-11,17,23H,4H2,1-3H3. The summed E-state index contributed by atoms with van der Waals surface area (Å²) in [4.78, 5) is 25.9. The van der Waals surface area contributed by atoms with Gasteiger partial charge in [0.2, 0.25) is 0 Å². The molecule has 7 nitrogen and oxygen atoms in total. The fourth-order valence-corrected chi connectivity index (χ4v) is 3.13. The summed E-state index contributed by atoms with van der Waals surface area (Å²) < 4.78 is 21.1. The Morgan fingerprint density at radius 2 is 1.89 bits per heavy atom. The first-order chi connectivity index (χ1) is 13.0. The minimum absolute atomic E-state index is 0.0149. The van der Waals surface area contributed by atoms with E-state index < -0.39 is 23.5 Å². The molecule has 2 aromatic rings. The van der Waals surface area contributed by atoms with Crippen LogP contribution in [0.4, 0.5) is 0 Å². The molecule has 0 aliphatic carbocycles. The highest BCUT2D eigenvalue weighted by Gasteiger charge is 2.57. The quantitative estimate of drug-likeness (QED) is 0.805. The number of carbonyl (C=O) groups is 2. The molecule has 0 saturated carbocycles. The summed E-state index contributed by atoms with van der Waals surface area (Å²) >= 11 is 0. The third kappa shape index (κ3) is 3.10. The van der Waals surface area contributed by atoms with Crippen LogP contribution in [0, 0.1) is 0 Å². The molecular weight excluding hydrogens is 352 g/mol. The van der Waals surface area contributed by atoms with Crippen molar-refractivity contribution in [3.05, 3.63) is 53.6 Å². The van der Waals surface area contributed by atoms with Crippen molar-refractivity contribution >= 4 is 11.8 Å². The highest BCUT2D eigenvalue weighted by Crippen LogP contribution is 2.47. The SMILES string of the molecule is CCOC(=O)C1(O)Oc2cc(OC)cc(OC)c2C(=O)C1c1ccccc1. The van der Waals surface area contributed by atoms with Gasteiger partial charge in [0, 0.05) is 12.1 Å². The molecule has 0 amide bonds. The summed E-state index contributed by atoms with van der Waals surface area (Å²) in [6, 6.07) is 11.4. The molecule has 1 aliphatic rings. The topological polar surface area (TPSA) is 91.3 Å². The zero-order chi connectivity index (χ0) is 19.6. The lowest BCUT2D eigenvalue weighted by atomic mass is 9.81. The number of fused-ring (bicyclic) bond motifs is 1. The molecule has 2 atom stereocenters. The summed E-state index contributed by atoms with van der Waals surface area (Å²) in [6.45, 7) is 1.62. The summed E-state index contributed by atoms with van der Waals surface area (Å²) in [7, 11) is 2.85. The summed E-state index contributed by atoms with van der Waals surface area (Å²) in [5, 5.41) is 11.1. The van der Waals surface area contributed by atoms with Gasteiger partial charge in [0.15, 0.2) is 5.78 Å². The van der Waals surface area contributed by atoms with Crippen molar-refractivity contribution in [2.75, 3.05) is 20.8 Å². The number of benzene rings is 2. The normalized spacial score (nSPS) is 21.0. The fraction of sp³-hybridized carbons (Fsp3) is 0.300. The molecule has 0 radical (unpaired) electrons. The lowest BCUT2D eigenvalue weighted by Gasteiger charge is -2.38. The van der Waals surface area contributed by atoms with Gasteiger partial charge in [-0.25, -0.2) is 4.79 Å². The zero-order valence-corrected chi connectivity index (χ0v) is 15.2. The zero-order valence-electron chi connectivity index (χ0n) is 15.2. The van der Waals surface area contributed by atoms with Crippen LogP contribution < -0.4 is 14.2 Å². The number of rotatable bonds is 5. The third-order valence-electron chi connectivity index (χ3n) is 4.36. The van der Waals surface area contributed by atoms with Gasteiger partial charge in [-0.3, -0.25) is 4.79 Å². The molecule has 0 spiro atoms. The van der Waals surface area contributed by atoms with Crippen molar-refractivity contribution in [2.45, 2.75) is 18.6 Å². The Labute approximate surface area is 156 Å². The molecule has 1 aliphatic heterocycles. The van der Waals surface area contributed by atoms with E-state index in [-0.39, 0.29) is 23.7 Å². The van der Waals surface area contributed by atoms with E-state index in [1.165, 1.54) is 26.4 Å². The molecular formula is C20H20O7. The van der Waals surface area contributed by atoms with Crippen molar-refractivity contribution in [2.24, 2.45) is 0 Å². The molecule has 2 unspecified atom stereocenters. The molecule has 0 saturated heterocycles. The number of esters is 1. The fourth-order valence-electron chi connectivity index (χ4n) is 3.13. The maximum atomic E-state index is 13.4. The van der Waals surface area contributed by atoms with Gasteiger partial charge < -0.3 is 24.1 Å². The lowest BCUT2D eigenvalue weighted by Crippen LogP contribution is -2.55. The molecule has 0 fully saturated rings. The average molecular weight is 372 g/mol. The minimum atomic E-state index is -2.52. The van der Waals surface area contributed by atoms with Crippen LogP contribution in [0.3, 0.4) is 0 Å². The van der Waals surface area contributed by atoms with E-state index >= 15 is 0 Å². The average Bonchev–Trinajstić information content (AvgIpc) is 2.67. The highest BCUT2D eigenvalue weighted by molar-refractivity contribution is 6.10. The van der Waals surface area contributed by atoms with Gasteiger partial charge in [-0.2, -0.15) is 0 Å². The van der Waals surface area contributed by atoms with Crippen molar-refractivity contribution in [1.29, 1.82) is 0 Å². The van der Waals surface area contributed by atoms with Gasteiger partial charge in [-0.05, 0) is 12.5 Å². The van der Waals surface area contributed by atoms with E-state index in [0.29, 0.717) is 11.3 Å². The first kappa shape index (κ1) is 18.7. The molecule has 0 aromatic heterocycles. The molecule has 1 N–H and O–H groups in total. The second-order valence-electron chi connectivity index (χ2n) is 5.93. The Balaban J connectivity index is 2.23. The van der Waals surface area contributed by atoms with Crippen LogP contribution in [0.2, 0.25) is 0 Å². The number of carbonyl (C=O) groups excluding carboxylic acids is 2. The van der Waals surface area contributed by atoms with Gasteiger partial charge in [-0.1, -0.05) is 30.3 Å². The highest BCUT2D eigenvalue weighted by atomic mass is 16.7. The number of aliphatic hydroxyl groups is 1. The van der Waals surface area contributed by atoms with E-state index in [1.54, 1.807) is 37.3 Å². The third-order valence-corrected chi connectivity index (χ3v) is 4.36. The first-order valence-electron chi connectivity index (χ1n) is 8.40. The Morgan fingerprint density at radius 1 is 1.19 bits per heavy atom. The van der Waals surface area contributed by atoms with Crippen LogP contribution in [0.15, 0.2) is 42.5 Å². The second-order valence-corrected chi connectivity index (χ2v) is 5.93. The number of hydrogen-bond acceptors (Lipinski definition) is 7. The Bertz CT molecular complexity index is 862. The maximum Gasteiger partial charge on any atom is 0.380 e. The number of hydrogen-bond donors (Lipinski definition) is 1. The second kappa shape index (κ2) is 7.28. The van der Waals surface area contributed by atoms with Crippen molar-refractivity contribution in [3.8, 4) is 17.2 Å². The van der Waals surface area contributed by atoms with E-state index in [1.807, 2.05) is 0 Å². The first-order valence-corrected chi connectivity index (χ1v) is 8.40. The van der Waals surface area contributed by atoms with Crippen LogP contribution >= 0.6 is 0 Å². The number of ether oxygens (including phenoxy) is 4. The Kier molecular flexibility index (Phi) is 5.05. The monoisotopic (exact) mass is 372 g/mol. The molecule has 1 heterocycles. The van der Waals surface area contributed by atoms with Crippen LogP contribution in [0.5, 0.6) is 17.2 Å². The van der Waals surface area contributed by atoms with Gasteiger partial charge in [-0.15, -0.1) is 0 Å². The minimum Gasteiger partial charge on any atom is -0.496 e. The molecule has 2 aromatic carbocycles. The van der Waals surface area contributed by atoms with Crippen LogP contribution in [0.25, 0.3) is 0 Å². The number of methoxy groups -OCH3 is 2. The van der Waals surface area contributed by atoms with Gasteiger partial charge in [0.25, 0.3) is 0 Å². The predicted octanol–water partition coefficient (Wildman–Crippen LogP) is 2.31.